The number of hydrogen-bond acceptors (Lipinski definition) is 8. The molecular weight excluding hydrogens is 461 g/mol. The maximum absolute atomic E-state index is 13.0. The maximum Gasteiger partial charge on any atom is 0.416 e. The minimum Gasteiger partial charge on any atom is -0.497 e. The molecule has 0 amide bonds. The highest BCUT2D eigenvalue weighted by atomic mass is 19.4. The van der Waals surface area contributed by atoms with E-state index in [0.29, 0.717) is 30.1 Å². The van der Waals surface area contributed by atoms with Crippen molar-refractivity contribution >= 4 is 23.5 Å². The van der Waals surface area contributed by atoms with Gasteiger partial charge in [-0.15, -0.1) is 0 Å². The molecule has 1 aromatic heterocycles. The van der Waals surface area contributed by atoms with Gasteiger partial charge in [0.25, 0.3) is 0 Å². The second-order valence-corrected chi connectivity index (χ2v) is 8.36. The molecule has 11 heteroatoms. The van der Waals surface area contributed by atoms with Gasteiger partial charge in [0.2, 0.25) is 17.8 Å². The first-order chi connectivity index (χ1) is 16.8. The fourth-order valence-corrected chi connectivity index (χ4v) is 3.82. The van der Waals surface area contributed by atoms with Crippen LogP contribution < -0.4 is 20.7 Å². The summed E-state index contributed by atoms with van der Waals surface area (Å²) in [6.07, 6.45) is -1.75. The molecule has 0 saturated heterocycles. The minimum atomic E-state index is -4.41. The molecule has 0 atom stereocenters. The van der Waals surface area contributed by atoms with Gasteiger partial charge in [0.1, 0.15) is 5.75 Å². The van der Waals surface area contributed by atoms with Gasteiger partial charge in [-0.1, -0.05) is 12.1 Å². The molecule has 0 radical (unpaired) electrons. The van der Waals surface area contributed by atoms with E-state index < -0.39 is 11.7 Å². The van der Waals surface area contributed by atoms with Crippen LogP contribution in [0.3, 0.4) is 0 Å². The van der Waals surface area contributed by atoms with Gasteiger partial charge in [-0.3, -0.25) is 0 Å². The summed E-state index contributed by atoms with van der Waals surface area (Å²) in [5.41, 5.74) is 0.462. The zero-order valence-electron chi connectivity index (χ0n) is 19.1. The molecule has 4 N–H and O–H groups in total. The summed E-state index contributed by atoms with van der Waals surface area (Å²) in [4.78, 5) is 13.3. The molecule has 1 heterocycles. The van der Waals surface area contributed by atoms with Gasteiger partial charge in [-0.2, -0.15) is 28.1 Å². The first-order valence-electron chi connectivity index (χ1n) is 11.3. The second kappa shape index (κ2) is 10.8. The molecule has 0 unspecified atom stereocenters. The summed E-state index contributed by atoms with van der Waals surface area (Å²) in [7, 11) is 1.58. The van der Waals surface area contributed by atoms with Gasteiger partial charge in [-0.05, 0) is 67.6 Å². The number of ether oxygens (including phenoxy) is 1. The average Bonchev–Trinajstić information content (AvgIpc) is 2.84. The number of anilines is 4. The monoisotopic (exact) mass is 488 g/mol. The highest BCUT2D eigenvalue weighted by molar-refractivity contribution is 5.56. The second-order valence-electron chi connectivity index (χ2n) is 8.36. The van der Waals surface area contributed by atoms with Crippen molar-refractivity contribution in [3.05, 3.63) is 59.7 Å². The maximum atomic E-state index is 13.0. The van der Waals surface area contributed by atoms with E-state index in [9.17, 15) is 18.3 Å². The Hall–Kier alpha value is -3.60. The van der Waals surface area contributed by atoms with Crippen molar-refractivity contribution in [1.29, 1.82) is 0 Å². The van der Waals surface area contributed by atoms with Crippen molar-refractivity contribution in [2.45, 2.75) is 50.6 Å². The SMILES string of the molecule is COc1ccc(Nc2nc(NCc3cccc(C(F)(F)F)c3)nc(NC3CCC(O)CC3)n2)cc1. The molecule has 0 bridgehead atoms. The predicted octanol–water partition coefficient (Wildman–Crippen LogP) is 4.97. The summed E-state index contributed by atoms with van der Waals surface area (Å²) in [5, 5.41) is 19.2. The van der Waals surface area contributed by atoms with Crippen molar-refractivity contribution in [2.24, 2.45) is 0 Å². The summed E-state index contributed by atoms with van der Waals surface area (Å²) in [6, 6.07) is 12.4. The lowest BCUT2D eigenvalue weighted by Crippen LogP contribution is -2.29. The first kappa shape index (κ1) is 24.5. The molecule has 1 fully saturated rings. The lowest BCUT2D eigenvalue weighted by Gasteiger charge is -2.26. The Balaban J connectivity index is 1.53. The largest absolute Gasteiger partial charge is 0.497 e. The number of methoxy groups -OCH3 is 1. The Morgan fingerprint density at radius 2 is 1.63 bits per heavy atom. The Kier molecular flexibility index (Phi) is 7.54. The average molecular weight is 489 g/mol. The van der Waals surface area contributed by atoms with Crippen molar-refractivity contribution < 1.29 is 23.0 Å². The zero-order valence-corrected chi connectivity index (χ0v) is 19.1. The molecular formula is C24H27F3N6O2. The quantitative estimate of drug-likeness (QED) is 0.352. The van der Waals surface area contributed by atoms with E-state index >= 15 is 0 Å². The van der Waals surface area contributed by atoms with Crippen LogP contribution in [0.15, 0.2) is 48.5 Å². The third kappa shape index (κ3) is 6.95. The third-order valence-electron chi connectivity index (χ3n) is 5.72. The van der Waals surface area contributed by atoms with Gasteiger partial charge in [0.15, 0.2) is 0 Å². The number of aromatic nitrogens is 3. The number of rotatable bonds is 8. The van der Waals surface area contributed by atoms with Gasteiger partial charge in [-0.25, -0.2) is 0 Å². The van der Waals surface area contributed by atoms with E-state index in [-0.39, 0.29) is 30.6 Å². The van der Waals surface area contributed by atoms with E-state index in [2.05, 4.69) is 30.9 Å². The van der Waals surface area contributed by atoms with Crippen LogP contribution in [0.4, 0.5) is 36.7 Å². The highest BCUT2D eigenvalue weighted by Gasteiger charge is 2.30. The van der Waals surface area contributed by atoms with Gasteiger partial charge in [0.05, 0.1) is 18.8 Å². The molecule has 4 rings (SSSR count). The molecule has 0 aliphatic heterocycles. The van der Waals surface area contributed by atoms with Gasteiger partial charge >= 0.3 is 6.18 Å². The lowest BCUT2D eigenvalue weighted by atomic mass is 9.93. The molecule has 1 aliphatic rings. The third-order valence-corrected chi connectivity index (χ3v) is 5.72. The van der Waals surface area contributed by atoms with Crippen molar-refractivity contribution in [3.8, 4) is 5.75 Å². The molecule has 1 aliphatic carbocycles. The van der Waals surface area contributed by atoms with Crippen LogP contribution in [0.5, 0.6) is 5.75 Å². The van der Waals surface area contributed by atoms with Crippen molar-refractivity contribution in [1.82, 2.24) is 15.0 Å². The molecule has 186 valence electrons. The number of aliphatic hydroxyl groups is 1. The van der Waals surface area contributed by atoms with Crippen LogP contribution in [0.25, 0.3) is 0 Å². The summed E-state index contributed by atoms with van der Waals surface area (Å²) < 4.78 is 44.3. The Morgan fingerprint density at radius 1 is 0.943 bits per heavy atom. The highest BCUT2D eigenvalue weighted by Crippen LogP contribution is 2.30. The van der Waals surface area contributed by atoms with E-state index in [0.717, 1.165) is 30.7 Å². The van der Waals surface area contributed by atoms with E-state index in [1.54, 1.807) is 25.3 Å². The number of aliphatic hydroxyl groups excluding tert-OH is 1. The molecule has 0 spiro atoms. The van der Waals surface area contributed by atoms with E-state index in [4.69, 9.17) is 4.74 Å². The van der Waals surface area contributed by atoms with Crippen molar-refractivity contribution in [2.75, 3.05) is 23.1 Å². The first-order valence-corrected chi connectivity index (χ1v) is 11.3. The number of halogens is 3. The number of nitrogens with zero attached hydrogens (tertiary/aromatic N) is 3. The van der Waals surface area contributed by atoms with Crippen LogP contribution in [0, 0.1) is 0 Å². The van der Waals surface area contributed by atoms with Crippen LogP contribution >= 0.6 is 0 Å². The zero-order chi connectivity index (χ0) is 24.8. The predicted molar refractivity (Wildman–Crippen MR) is 127 cm³/mol. The molecule has 3 aromatic rings. The Morgan fingerprint density at radius 3 is 2.31 bits per heavy atom. The van der Waals surface area contributed by atoms with Crippen LogP contribution in [0.2, 0.25) is 0 Å². The standard InChI is InChI=1S/C24H27F3N6O2/c1-35-20-11-7-18(8-12-20)30-23-32-21(28-14-15-3-2-4-16(13-15)24(25,26)27)31-22(33-23)29-17-5-9-19(34)10-6-17/h2-4,7-8,11-13,17,19,34H,5-6,9-10,14H2,1H3,(H3,28,29,30,31,32,33). The van der Waals surface area contributed by atoms with Crippen LogP contribution in [0.1, 0.15) is 36.8 Å². The summed E-state index contributed by atoms with van der Waals surface area (Å²) in [6.45, 7) is 0.102. The fourth-order valence-electron chi connectivity index (χ4n) is 3.82. The molecule has 35 heavy (non-hydrogen) atoms. The number of hydrogen-bond donors (Lipinski definition) is 4. The number of nitrogens with one attached hydrogen (secondary N) is 3. The van der Waals surface area contributed by atoms with Crippen LogP contribution in [-0.4, -0.2) is 39.3 Å². The number of alkyl halides is 3. The van der Waals surface area contributed by atoms with Crippen LogP contribution in [-0.2, 0) is 12.7 Å². The van der Waals surface area contributed by atoms with Crippen molar-refractivity contribution in [3.63, 3.8) is 0 Å². The number of benzene rings is 2. The Labute approximate surface area is 201 Å². The van der Waals surface area contributed by atoms with Gasteiger partial charge in [0, 0.05) is 18.3 Å². The summed E-state index contributed by atoms with van der Waals surface area (Å²) in [5.74, 6) is 1.53. The van der Waals surface area contributed by atoms with E-state index in [1.807, 2.05) is 12.1 Å². The Bertz CT molecular complexity index is 1120. The summed E-state index contributed by atoms with van der Waals surface area (Å²) >= 11 is 0. The minimum absolute atomic E-state index is 0.102. The molecule has 8 nitrogen and oxygen atoms in total. The molecule has 1 saturated carbocycles. The smallest absolute Gasteiger partial charge is 0.416 e. The van der Waals surface area contributed by atoms with Gasteiger partial charge < -0.3 is 25.8 Å². The van der Waals surface area contributed by atoms with E-state index in [1.165, 1.54) is 6.07 Å². The topological polar surface area (TPSA) is 104 Å². The molecule has 2 aromatic carbocycles. The lowest BCUT2D eigenvalue weighted by molar-refractivity contribution is -0.137. The fraction of sp³-hybridized carbons (Fsp3) is 0.375. The normalized spacial score (nSPS) is 18.1.